The number of hydrogen-bond donors (Lipinski definition) is 1. The van der Waals surface area contributed by atoms with E-state index in [2.05, 4.69) is 5.32 Å². The fourth-order valence-corrected chi connectivity index (χ4v) is 1.73. The Kier molecular flexibility index (Phi) is 5.65. The molecule has 5 heteroatoms. The molecule has 1 N–H and O–H groups in total. The number of halogens is 1. The summed E-state index contributed by atoms with van der Waals surface area (Å²) in [6.07, 6.45) is 1.65. The summed E-state index contributed by atoms with van der Waals surface area (Å²) < 4.78 is 0. The lowest BCUT2D eigenvalue weighted by atomic mass is 10.2. The Hall–Kier alpha value is -1.55. The van der Waals surface area contributed by atoms with Crippen LogP contribution in [0.25, 0.3) is 0 Å². The van der Waals surface area contributed by atoms with Gasteiger partial charge in [0.05, 0.1) is 6.54 Å². The van der Waals surface area contributed by atoms with Crippen molar-refractivity contribution in [2.75, 3.05) is 25.0 Å². The summed E-state index contributed by atoms with van der Waals surface area (Å²) in [4.78, 5) is 24.2. The third-order valence-electron chi connectivity index (χ3n) is 2.48. The molecule has 1 aromatic carbocycles. The molecule has 0 unspecified atom stereocenters. The predicted molar refractivity (Wildman–Crippen MR) is 73.4 cm³/mol. The molecular weight excluding hydrogens is 252 g/mol. The first-order valence-corrected chi connectivity index (χ1v) is 6.18. The number of likely N-dealkylation sites (N-methyl/N-ethyl adjacent to an activating group) is 1. The minimum Gasteiger partial charge on any atom is -0.365 e. The van der Waals surface area contributed by atoms with Gasteiger partial charge < -0.3 is 10.2 Å². The van der Waals surface area contributed by atoms with Crippen molar-refractivity contribution in [3.8, 4) is 0 Å². The average molecular weight is 269 g/mol. The summed E-state index contributed by atoms with van der Waals surface area (Å²) in [7, 11) is 1.75. The third-order valence-corrected chi connectivity index (χ3v) is 2.72. The largest absolute Gasteiger partial charge is 0.365 e. The molecule has 1 aromatic rings. The molecule has 0 spiro atoms. The molecule has 18 heavy (non-hydrogen) atoms. The van der Waals surface area contributed by atoms with Crippen molar-refractivity contribution in [2.24, 2.45) is 0 Å². The number of benzene rings is 1. The summed E-state index contributed by atoms with van der Waals surface area (Å²) in [6.45, 7) is 2.84. The van der Waals surface area contributed by atoms with Gasteiger partial charge in [-0.15, -0.1) is 0 Å². The van der Waals surface area contributed by atoms with E-state index in [1.165, 1.54) is 0 Å². The molecule has 0 bridgehead atoms. The minimum absolute atomic E-state index is 0.0730. The summed E-state index contributed by atoms with van der Waals surface area (Å²) in [5.74, 6) is -0.0730. The van der Waals surface area contributed by atoms with Crippen LogP contribution >= 0.6 is 11.6 Å². The highest BCUT2D eigenvalue weighted by atomic mass is 35.5. The van der Waals surface area contributed by atoms with E-state index in [1.54, 1.807) is 30.1 Å². The van der Waals surface area contributed by atoms with E-state index >= 15 is 0 Å². The maximum atomic E-state index is 11.6. The molecule has 0 heterocycles. The summed E-state index contributed by atoms with van der Waals surface area (Å²) in [6, 6.07) is 4.98. The van der Waals surface area contributed by atoms with Crippen molar-refractivity contribution in [1.82, 2.24) is 5.32 Å². The smallest absolute Gasteiger partial charge is 0.239 e. The number of nitrogens with one attached hydrogen (secondary N) is 1. The minimum atomic E-state index is -0.0730. The third kappa shape index (κ3) is 4.04. The fraction of sp³-hybridized carbons (Fsp3) is 0.385. The number of nitrogens with zero attached hydrogens (tertiary/aromatic N) is 1. The molecule has 0 aliphatic carbocycles. The number of amides is 1. The molecule has 0 fully saturated rings. The van der Waals surface area contributed by atoms with E-state index < -0.39 is 0 Å². The maximum Gasteiger partial charge on any atom is 0.239 e. The second-order valence-electron chi connectivity index (χ2n) is 4.03. The number of aldehydes is 1. The van der Waals surface area contributed by atoms with Crippen LogP contribution in [0.1, 0.15) is 23.7 Å². The molecular formula is C13H17ClN2O2. The van der Waals surface area contributed by atoms with Gasteiger partial charge in [0, 0.05) is 29.9 Å². The van der Waals surface area contributed by atoms with Crippen molar-refractivity contribution in [3.63, 3.8) is 0 Å². The number of carbonyl (C=O) groups is 2. The first-order chi connectivity index (χ1) is 8.58. The highest BCUT2D eigenvalue weighted by Gasteiger charge is 2.11. The SMILES string of the molecule is CCCNC(=O)CN(C)c1cc(Cl)ccc1C=O. The van der Waals surface area contributed by atoms with E-state index in [0.29, 0.717) is 22.8 Å². The second-order valence-corrected chi connectivity index (χ2v) is 4.46. The van der Waals surface area contributed by atoms with Crippen LogP contribution < -0.4 is 10.2 Å². The maximum absolute atomic E-state index is 11.6. The molecule has 1 amide bonds. The molecule has 0 atom stereocenters. The average Bonchev–Trinajstić information content (AvgIpc) is 2.36. The summed E-state index contributed by atoms with van der Waals surface area (Å²) >= 11 is 5.89. The normalized spacial score (nSPS) is 9.94. The highest BCUT2D eigenvalue weighted by Crippen LogP contribution is 2.22. The monoisotopic (exact) mass is 268 g/mol. The first kappa shape index (κ1) is 14.5. The Labute approximate surface area is 112 Å². The molecule has 0 radical (unpaired) electrons. The van der Waals surface area contributed by atoms with Crippen molar-refractivity contribution in [1.29, 1.82) is 0 Å². The zero-order chi connectivity index (χ0) is 13.5. The lowest BCUT2D eigenvalue weighted by molar-refractivity contribution is -0.119. The zero-order valence-corrected chi connectivity index (χ0v) is 11.3. The van der Waals surface area contributed by atoms with E-state index in [1.807, 2.05) is 6.92 Å². The van der Waals surface area contributed by atoms with Crippen molar-refractivity contribution in [3.05, 3.63) is 28.8 Å². The Bertz CT molecular complexity index is 435. The van der Waals surface area contributed by atoms with Gasteiger partial charge in [-0.2, -0.15) is 0 Å². The number of hydrogen-bond acceptors (Lipinski definition) is 3. The van der Waals surface area contributed by atoms with Gasteiger partial charge >= 0.3 is 0 Å². The molecule has 98 valence electrons. The summed E-state index contributed by atoms with van der Waals surface area (Å²) in [5.41, 5.74) is 1.18. The van der Waals surface area contributed by atoms with Crippen molar-refractivity contribution in [2.45, 2.75) is 13.3 Å². The molecule has 1 rings (SSSR count). The van der Waals surface area contributed by atoms with Crippen molar-refractivity contribution < 1.29 is 9.59 Å². The molecule has 0 aliphatic heterocycles. The van der Waals surface area contributed by atoms with E-state index in [4.69, 9.17) is 11.6 Å². The number of rotatable bonds is 6. The predicted octanol–water partition coefficient (Wildman–Crippen LogP) is 2.11. The van der Waals surface area contributed by atoms with Crippen LogP contribution in [0.15, 0.2) is 18.2 Å². The number of carbonyl (C=O) groups excluding carboxylic acids is 2. The molecule has 0 aromatic heterocycles. The second kappa shape index (κ2) is 7.01. The van der Waals surface area contributed by atoms with Crippen molar-refractivity contribution >= 4 is 29.5 Å². The standard InChI is InChI=1S/C13H17ClN2O2/c1-3-6-15-13(18)8-16(2)12-7-11(14)5-4-10(12)9-17/h4-5,7,9H,3,6,8H2,1-2H3,(H,15,18). The van der Waals surface area contributed by atoms with E-state index in [9.17, 15) is 9.59 Å². The molecule has 0 aliphatic rings. The van der Waals surface area contributed by atoms with Crippen LogP contribution in [-0.2, 0) is 4.79 Å². The lowest BCUT2D eigenvalue weighted by Crippen LogP contribution is -2.35. The fourth-order valence-electron chi connectivity index (χ4n) is 1.57. The van der Waals surface area contributed by atoms with Gasteiger partial charge in [0.2, 0.25) is 5.91 Å². The van der Waals surface area contributed by atoms with Crippen LogP contribution in [0.3, 0.4) is 0 Å². The van der Waals surface area contributed by atoms with Gasteiger partial charge in [-0.25, -0.2) is 0 Å². The Balaban J connectivity index is 2.76. The van der Waals surface area contributed by atoms with E-state index in [-0.39, 0.29) is 12.5 Å². The topological polar surface area (TPSA) is 49.4 Å². The van der Waals surface area contributed by atoms with E-state index in [0.717, 1.165) is 12.7 Å². The molecule has 0 saturated carbocycles. The Morgan fingerprint density at radius 2 is 2.22 bits per heavy atom. The summed E-state index contributed by atoms with van der Waals surface area (Å²) in [5, 5.41) is 3.32. The van der Waals surface area contributed by atoms with Gasteiger partial charge in [-0.3, -0.25) is 9.59 Å². The number of anilines is 1. The highest BCUT2D eigenvalue weighted by molar-refractivity contribution is 6.31. The van der Waals surface area contributed by atoms with Crippen LogP contribution in [0.2, 0.25) is 5.02 Å². The lowest BCUT2D eigenvalue weighted by Gasteiger charge is -2.20. The van der Waals surface area contributed by atoms with Crippen LogP contribution in [0.5, 0.6) is 0 Å². The van der Waals surface area contributed by atoms with Gasteiger partial charge in [-0.1, -0.05) is 18.5 Å². The van der Waals surface area contributed by atoms with Gasteiger partial charge in [0.15, 0.2) is 6.29 Å². The Morgan fingerprint density at radius 1 is 1.50 bits per heavy atom. The quantitative estimate of drug-likeness (QED) is 0.804. The first-order valence-electron chi connectivity index (χ1n) is 5.81. The molecule has 4 nitrogen and oxygen atoms in total. The Morgan fingerprint density at radius 3 is 2.83 bits per heavy atom. The zero-order valence-electron chi connectivity index (χ0n) is 10.6. The van der Waals surface area contributed by atoms with Gasteiger partial charge in [0.25, 0.3) is 0 Å². The van der Waals surface area contributed by atoms with Gasteiger partial charge in [-0.05, 0) is 24.6 Å². The molecule has 0 saturated heterocycles. The van der Waals surface area contributed by atoms with Crippen LogP contribution in [0.4, 0.5) is 5.69 Å². The van der Waals surface area contributed by atoms with Crippen LogP contribution in [0, 0.1) is 0 Å². The van der Waals surface area contributed by atoms with Crippen LogP contribution in [-0.4, -0.2) is 32.3 Å². The van der Waals surface area contributed by atoms with Gasteiger partial charge in [0.1, 0.15) is 0 Å².